The number of nitrogens with zero attached hydrogens (tertiary/aromatic N) is 1. The number of pyridine rings is 1. The van der Waals surface area contributed by atoms with Crippen molar-refractivity contribution in [2.45, 2.75) is 0 Å². The molecule has 1 amide bonds. The molecular weight excluding hydrogens is 393 g/mol. The van der Waals surface area contributed by atoms with Crippen molar-refractivity contribution in [3.8, 4) is 22.8 Å². The Kier molecular flexibility index (Phi) is 4.06. The molecule has 0 saturated heterocycles. The number of ether oxygens (including phenoxy) is 2. The van der Waals surface area contributed by atoms with Gasteiger partial charge in [0, 0.05) is 16.6 Å². The number of carbonyl (C=O) groups excluding carboxylic acids is 1. The van der Waals surface area contributed by atoms with Gasteiger partial charge in [-0.2, -0.15) is 0 Å². The molecule has 2 aromatic carbocycles. The van der Waals surface area contributed by atoms with Crippen molar-refractivity contribution in [3.63, 3.8) is 0 Å². The number of carbonyl (C=O) groups is 1. The predicted molar refractivity (Wildman–Crippen MR) is 110 cm³/mol. The van der Waals surface area contributed by atoms with Crippen molar-refractivity contribution in [2.24, 2.45) is 0 Å². The molecule has 0 fully saturated rings. The van der Waals surface area contributed by atoms with E-state index in [-0.39, 0.29) is 6.79 Å². The second-order valence-corrected chi connectivity index (χ2v) is 7.43. The lowest BCUT2D eigenvalue weighted by Crippen LogP contribution is -2.12. The van der Waals surface area contributed by atoms with Gasteiger partial charge in [0.2, 0.25) is 6.79 Å². The standard InChI is InChI=1S/C21H14FN3O3S/c22-12-2-1-3-13(9-12)24-20(26)19-18(23)14-5-6-15(25-21(14)29-19)11-4-7-16-17(8-11)28-10-27-16/h1-9H,10,23H2,(H,24,26). The van der Waals surface area contributed by atoms with Gasteiger partial charge >= 0.3 is 0 Å². The quantitative estimate of drug-likeness (QED) is 0.516. The summed E-state index contributed by atoms with van der Waals surface area (Å²) >= 11 is 1.19. The molecule has 0 atom stereocenters. The number of amides is 1. The van der Waals surface area contributed by atoms with Crippen LogP contribution in [0.4, 0.5) is 15.8 Å². The highest BCUT2D eigenvalue weighted by molar-refractivity contribution is 7.21. The molecule has 29 heavy (non-hydrogen) atoms. The Morgan fingerprint density at radius 2 is 1.97 bits per heavy atom. The van der Waals surface area contributed by atoms with Crippen molar-refractivity contribution in [1.29, 1.82) is 0 Å². The van der Waals surface area contributed by atoms with Gasteiger partial charge in [0.05, 0.1) is 11.4 Å². The van der Waals surface area contributed by atoms with Crippen LogP contribution in [-0.2, 0) is 0 Å². The molecule has 0 saturated carbocycles. The van der Waals surface area contributed by atoms with Crippen LogP contribution in [0.15, 0.2) is 54.6 Å². The van der Waals surface area contributed by atoms with Crippen LogP contribution in [0.3, 0.4) is 0 Å². The van der Waals surface area contributed by atoms with Crippen LogP contribution in [0.25, 0.3) is 21.5 Å². The molecule has 0 spiro atoms. The summed E-state index contributed by atoms with van der Waals surface area (Å²) in [6, 6.07) is 15.0. The van der Waals surface area contributed by atoms with Crippen molar-refractivity contribution >= 4 is 38.8 Å². The second-order valence-electron chi connectivity index (χ2n) is 6.43. The first kappa shape index (κ1) is 17.4. The summed E-state index contributed by atoms with van der Waals surface area (Å²) in [5.74, 6) is 0.541. The third-order valence-electron chi connectivity index (χ3n) is 4.55. The summed E-state index contributed by atoms with van der Waals surface area (Å²) in [5.41, 5.74) is 8.50. The first-order valence-corrected chi connectivity index (χ1v) is 9.56. The van der Waals surface area contributed by atoms with Crippen LogP contribution in [0.5, 0.6) is 11.5 Å². The first-order valence-electron chi connectivity index (χ1n) is 8.74. The Balaban J connectivity index is 1.49. The maximum absolute atomic E-state index is 13.4. The van der Waals surface area contributed by atoms with E-state index in [1.807, 2.05) is 30.3 Å². The number of fused-ring (bicyclic) bond motifs is 2. The molecule has 0 unspecified atom stereocenters. The summed E-state index contributed by atoms with van der Waals surface area (Å²) in [5, 5.41) is 3.37. The molecule has 1 aliphatic heterocycles. The summed E-state index contributed by atoms with van der Waals surface area (Å²) in [4.78, 5) is 18.3. The van der Waals surface area contributed by atoms with E-state index in [9.17, 15) is 9.18 Å². The molecule has 3 heterocycles. The zero-order valence-corrected chi connectivity index (χ0v) is 15.8. The number of aromatic nitrogens is 1. The lowest BCUT2D eigenvalue weighted by atomic mass is 10.1. The molecule has 0 aliphatic carbocycles. The number of rotatable bonds is 3. The summed E-state index contributed by atoms with van der Waals surface area (Å²) in [6.45, 7) is 0.205. The fourth-order valence-corrected chi connectivity index (χ4v) is 4.13. The Hall–Kier alpha value is -3.65. The average molecular weight is 407 g/mol. The lowest BCUT2D eigenvalue weighted by molar-refractivity contribution is 0.103. The smallest absolute Gasteiger partial charge is 0.267 e. The minimum Gasteiger partial charge on any atom is -0.454 e. The Morgan fingerprint density at radius 3 is 2.83 bits per heavy atom. The summed E-state index contributed by atoms with van der Waals surface area (Å²) in [6.07, 6.45) is 0. The van der Waals surface area contributed by atoms with Gasteiger partial charge in [0.25, 0.3) is 5.91 Å². The minimum atomic E-state index is -0.429. The number of thiophene rings is 1. The van der Waals surface area contributed by atoms with Gasteiger partial charge in [-0.3, -0.25) is 4.79 Å². The van der Waals surface area contributed by atoms with Gasteiger partial charge < -0.3 is 20.5 Å². The molecule has 3 N–H and O–H groups in total. The number of halogens is 1. The molecule has 6 nitrogen and oxygen atoms in total. The topological polar surface area (TPSA) is 86.5 Å². The van der Waals surface area contributed by atoms with Crippen molar-refractivity contribution in [3.05, 3.63) is 65.3 Å². The van der Waals surface area contributed by atoms with E-state index in [0.29, 0.717) is 38.0 Å². The zero-order chi connectivity index (χ0) is 20.0. The van der Waals surface area contributed by atoms with Crippen LogP contribution in [0, 0.1) is 5.82 Å². The van der Waals surface area contributed by atoms with Gasteiger partial charge in [-0.25, -0.2) is 9.37 Å². The van der Waals surface area contributed by atoms with Crippen molar-refractivity contribution in [2.75, 3.05) is 17.8 Å². The first-order chi connectivity index (χ1) is 14.1. The van der Waals surface area contributed by atoms with Gasteiger partial charge in [-0.1, -0.05) is 6.07 Å². The summed E-state index contributed by atoms with van der Waals surface area (Å²) < 4.78 is 24.1. The average Bonchev–Trinajstić information content (AvgIpc) is 3.31. The molecule has 144 valence electrons. The largest absolute Gasteiger partial charge is 0.454 e. The lowest BCUT2D eigenvalue weighted by Gasteiger charge is -2.04. The number of nitrogens with one attached hydrogen (secondary N) is 1. The van der Waals surface area contributed by atoms with Gasteiger partial charge in [0.15, 0.2) is 11.5 Å². The van der Waals surface area contributed by atoms with Gasteiger partial charge in [-0.15, -0.1) is 11.3 Å². The van der Waals surface area contributed by atoms with E-state index in [1.54, 1.807) is 6.07 Å². The van der Waals surface area contributed by atoms with Crippen LogP contribution in [0.1, 0.15) is 9.67 Å². The van der Waals surface area contributed by atoms with Gasteiger partial charge in [-0.05, 0) is 48.5 Å². The fourth-order valence-electron chi connectivity index (χ4n) is 3.14. The number of nitrogens with two attached hydrogens (primary N) is 1. The van der Waals surface area contributed by atoms with E-state index in [4.69, 9.17) is 15.2 Å². The van der Waals surface area contributed by atoms with E-state index in [2.05, 4.69) is 10.3 Å². The Morgan fingerprint density at radius 1 is 1.10 bits per heavy atom. The molecule has 0 bridgehead atoms. The molecule has 2 aromatic heterocycles. The molecule has 5 rings (SSSR count). The fraction of sp³-hybridized carbons (Fsp3) is 0.0476. The van der Waals surface area contributed by atoms with Crippen molar-refractivity contribution < 1.29 is 18.7 Å². The number of benzene rings is 2. The number of hydrogen-bond donors (Lipinski definition) is 2. The monoisotopic (exact) mass is 407 g/mol. The SMILES string of the molecule is Nc1c(C(=O)Nc2cccc(F)c2)sc2nc(-c3ccc4c(c3)OCO4)ccc12. The number of anilines is 2. The van der Waals surface area contributed by atoms with Crippen LogP contribution in [0.2, 0.25) is 0 Å². The molecule has 1 aliphatic rings. The highest BCUT2D eigenvalue weighted by atomic mass is 32.1. The maximum Gasteiger partial charge on any atom is 0.267 e. The third-order valence-corrected chi connectivity index (χ3v) is 5.66. The van der Waals surface area contributed by atoms with Gasteiger partial charge in [0.1, 0.15) is 15.5 Å². The van der Waals surface area contributed by atoms with E-state index in [0.717, 1.165) is 11.3 Å². The van der Waals surface area contributed by atoms with Crippen LogP contribution >= 0.6 is 11.3 Å². The molecule has 0 radical (unpaired) electrons. The second kappa shape index (κ2) is 6.75. The van der Waals surface area contributed by atoms with Crippen molar-refractivity contribution in [1.82, 2.24) is 4.98 Å². The highest BCUT2D eigenvalue weighted by Crippen LogP contribution is 2.38. The minimum absolute atomic E-state index is 0.205. The highest BCUT2D eigenvalue weighted by Gasteiger charge is 2.19. The van der Waals surface area contributed by atoms with E-state index in [1.165, 1.54) is 29.5 Å². The number of hydrogen-bond acceptors (Lipinski definition) is 6. The van der Waals surface area contributed by atoms with Crippen LogP contribution in [-0.4, -0.2) is 17.7 Å². The maximum atomic E-state index is 13.4. The Labute approximate surface area is 168 Å². The Bertz CT molecular complexity index is 1270. The molecular formula is C21H14FN3O3S. The summed E-state index contributed by atoms with van der Waals surface area (Å²) in [7, 11) is 0. The van der Waals surface area contributed by atoms with E-state index >= 15 is 0 Å². The van der Waals surface area contributed by atoms with E-state index < -0.39 is 11.7 Å². The predicted octanol–water partition coefficient (Wildman–Crippen LogP) is 4.67. The van der Waals surface area contributed by atoms with Crippen LogP contribution < -0.4 is 20.5 Å². The zero-order valence-electron chi connectivity index (χ0n) is 14.9. The molecule has 4 aromatic rings. The third kappa shape index (κ3) is 3.13. The normalized spacial score (nSPS) is 12.3. The molecule has 8 heteroatoms. The number of nitrogen functional groups attached to an aromatic ring is 1.